The van der Waals surface area contributed by atoms with Gasteiger partial charge in [0.25, 0.3) is 0 Å². The molecule has 2 aliphatic heterocycles. The molecule has 15 heteroatoms. The van der Waals surface area contributed by atoms with Gasteiger partial charge >= 0.3 is 0 Å². The highest BCUT2D eigenvalue weighted by molar-refractivity contribution is 6.30. The summed E-state index contributed by atoms with van der Waals surface area (Å²) in [6.45, 7) is 5.68. The van der Waals surface area contributed by atoms with Crippen molar-refractivity contribution in [1.29, 1.82) is 0 Å². The van der Waals surface area contributed by atoms with Crippen LogP contribution in [0.4, 0.5) is 27.5 Å². The molecule has 3 aromatic rings. The fourth-order valence-corrected chi connectivity index (χ4v) is 6.29. The summed E-state index contributed by atoms with van der Waals surface area (Å²) in [5, 5.41) is 17.6. The first-order valence-electron chi connectivity index (χ1n) is 15.2. The second-order valence-electron chi connectivity index (χ2n) is 12.4. The first-order chi connectivity index (χ1) is 22.0. The molecule has 2 amide bonds. The van der Waals surface area contributed by atoms with E-state index >= 15 is 0 Å². The second-order valence-corrected chi connectivity index (χ2v) is 12.9. The van der Waals surface area contributed by atoms with Gasteiger partial charge in [0.15, 0.2) is 11.6 Å². The molecule has 1 aliphatic carbocycles. The van der Waals surface area contributed by atoms with Gasteiger partial charge in [-0.3, -0.25) is 19.3 Å². The molecule has 13 nitrogen and oxygen atoms in total. The summed E-state index contributed by atoms with van der Waals surface area (Å²) in [4.78, 5) is 53.1. The van der Waals surface area contributed by atoms with Crippen molar-refractivity contribution in [3.05, 3.63) is 47.5 Å². The van der Waals surface area contributed by atoms with Crippen LogP contribution in [0.15, 0.2) is 36.7 Å². The number of Topliss-reactive ketones (excluding diaryl/α,β-unsaturated/α-hetero) is 1. The van der Waals surface area contributed by atoms with E-state index < -0.39 is 11.2 Å². The maximum atomic E-state index is 14.8. The van der Waals surface area contributed by atoms with Crippen molar-refractivity contribution in [2.24, 2.45) is 11.3 Å². The minimum absolute atomic E-state index is 0.0213. The fourth-order valence-electron chi connectivity index (χ4n) is 6.12. The molecule has 0 spiro atoms. The van der Waals surface area contributed by atoms with Crippen LogP contribution in [0.3, 0.4) is 0 Å². The molecule has 1 aromatic carbocycles. The fraction of sp³-hybridized carbons (Fsp3) is 0.452. The Morgan fingerprint density at radius 1 is 1.11 bits per heavy atom. The van der Waals surface area contributed by atoms with Crippen LogP contribution in [0.1, 0.15) is 19.8 Å². The van der Waals surface area contributed by atoms with Gasteiger partial charge in [-0.25, -0.2) is 14.4 Å². The standard InChI is InChI=1S/C31H36ClFN10O3/c1-31(25(44)15-34-30(31)46)16-42(3)28-24(13-23(39-40-28)21-12-19(32)4-5-22(21)33)37-26-14-27(36-17-35-26)38-29(45)18-10-20(11-18)43-8-6-41(2)7-9-43/h4-5,12-14,17-18,20H,6-11,15-16H2,1-3H3,(H,34,46)(H2,35,36,37,38,39,45). The van der Waals surface area contributed by atoms with Gasteiger partial charge in [-0.2, -0.15) is 0 Å². The summed E-state index contributed by atoms with van der Waals surface area (Å²) >= 11 is 6.14. The number of benzene rings is 1. The number of amides is 2. The van der Waals surface area contributed by atoms with Crippen LogP contribution < -0.4 is 20.9 Å². The number of nitrogens with zero attached hydrogens (tertiary/aromatic N) is 7. The highest BCUT2D eigenvalue weighted by Gasteiger charge is 2.47. The Kier molecular flexibility index (Phi) is 8.86. The molecule has 46 heavy (non-hydrogen) atoms. The Balaban J connectivity index is 1.21. The highest BCUT2D eigenvalue weighted by atomic mass is 35.5. The number of nitrogens with one attached hydrogen (secondary N) is 3. The van der Waals surface area contributed by atoms with E-state index in [1.807, 2.05) is 0 Å². The molecule has 4 heterocycles. The number of hydrogen-bond acceptors (Lipinski definition) is 11. The molecule has 3 fully saturated rings. The molecular weight excluding hydrogens is 615 g/mol. The topological polar surface area (TPSA) is 149 Å². The van der Waals surface area contributed by atoms with Crippen molar-refractivity contribution < 1.29 is 18.8 Å². The van der Waals surface area contributed by atoms with Crippen molar-refractivity contribution >= 4 is 52.3 Å². The van der Waals surface area contributed by atoms with Gasteiger partial charge in [-0.1, -0.05) is 11.6 Å². The molecule has 1 atom stereocenters. The van der Waals surface area contributed by atoms with E-state index in [1.54, 1.807) is 31.0 Å². The zero-order chi connectivity index (χ0) is 32.6. The molecule has 2 aromatic heterocycles. The van der Waals surface area contributed by atoms with Crippen molar-refractivity contribution in [2.45, 2.75) is 25.8 Å². The minimum Gasteiger partial charge on any atom is -0.355 e. The number of rotatable bonds is 9. The van der Waals surface area contributed by atoms with Gasteiger partial charge in [0.1, 0.15) is 29.2 Å². The normalized spacial score (nSPS) is 23.5. The van der Waals surface area contributed by atoms with Crippen LogP contribution in [-0.2, 0) is 14.4 Å². The van der Waals surface area contributed by atoms with E-state index in [0.29, 0.717) is 28.4 Å². The lowest BCUT2D eigenvalue weighted by molar-refractivity contribution is -0.133. The third kappa shape index (κ3) is 6.50. The molecule has 2 saturated heterocycles. The summed E-state index contributed by atoms with van der Waals surface area (Å²) in [5.74, 6) is -0.387. The zero-order valence-electron chi connectivity index (χ0n) is 25.9. The number of carbonyl (C=O) groups is 3. The number of ketones is 1. The number of hydrogen-bond donors (Lipinski definition) is 3. The number of likely N-dealkylation sites (N-methyl/N-ethyl adjacent to an activating group) is 1. The van der Waals surface area contributed by atoms with E-state index in [1.165, 1.54) is 24.5 Å². The van der Waals surface area contributed by atoms with Gasteiger partial charge in [0.05, 0.1) is 17.9 Å². The summed E-state index contributed by atoms with van der Waals surface area (Å²) in [6.07, 6.45) is 2.95. The molecule has 1 unspecified atom stereocenters. The van der Waals surface area contributed by atoms with Gasteiger partial charge in [0.2, 0.25) is 11.8 Å². The van der Waals surface area contributed by atoms with Gasteiger partial charge in [-0.15, -0.1) is 10.2 Å². The Bertz CT molecular complexity index is 1650. The highest BCUT2D eigenvalue weighted by Crippen LogP contribution is 2.35. The van der Waals surface area contributed by atoms with Gasteiger partial charge in [-0.05, 0) is 51.1 Å². The molecular formula is C31H36ClFN10O3. The minimum atomic E-state index is -1.29. The Hall–Kier alpha value is -4.27. The third-order valence-corrected chi connectivity index (χ3v) is 9.37. The van der Waals surface area contributed by atoms with Crippen LogP contribution in [0.5, 0.6) is 0 Å². The molecule has 0 radical (unpaired) electrons. The summed E-state index contributed by atoms with van der Waals surface area (Å²) < 4.78 is 14.8. The lowest BCUT2D eigenvalue weighted by Gasteiger charge is -2.45. The SMILES string of the molecule is CN1CCN(C2CC(C(=O)Nc3cc(Nc4cc(-c5cc(Cl)ccc5F)nnc4N(C)CC4(C)C(=O)CNC4=O)ncn3)C2)CC1. The van der Waals surface area contributed by atoms with Crippen LogP contribution >= 0.6 is 11.6 Å². The van der Waals surface area contributed by atoms with Crippen LogP contribution in [0.2, 0.25) is 5.02 Å². The van der Waals surface area contributed by atoms with E-state index in [0.717, 1.165) is 39.0 Å². The molecule has 1 saturated carbocycles. The molecule has 3 N–H and O–H groups in total. The predicted octanol–water partition coefficient (Wildman–Crippen LogP) is 2.58. The maximum absolute atomic E-state index is 14.8. The maximum Gasteiger partial charge on any atom is 0.235 e. The number of carbonyl (C=O) groups excluding carboxylic acids is 3. The Morgan fingerprint density at radius 3 is 2.57 bits per heavy atom. The first-order valence-corrected chi connectivity index (χ1v) is 15.6. The molecule has 3 aliphatic rings. The second kappa shape index (κ2) is 12.9. The molecule has 6 rings (SSSR count). The average Bonchev–Trinajstić information content (AvgIpc) is 3.25. The largest absolute Gasteiger partial charge is 0.355 e. The smallest absolute Gasteiger partial charge is 0.235 e. The predicted molar refractivity (Wildman–Crippen MR) is 171 cm³/mol. The Labute approximate surface area is 270 Å². The summed E-state index contributed by atoms with van der Waals surface area (Å²) in [7, 11) is 3.80. The van der Waals surface area contributed by atoms with Crippen molar-refractivity contribution in [3.8, 4) is 11.3 Å². The van der Waals surface area contributed by atoms with Gasteiger partial charge < -0.3 is 25.8 Å². The van der Waals surface area contributed by atoms with E-state index in [9.17, 15) is 18.8 Å². The Morgan fingerprint density at radius 2 is 1.85 bits per heavy atom. The van der Waals surface area contributed by atoms with E-state index in [4.69, 9.17) is 11.6 Å². The number of aromatic nitrogens is 4. The quantitative estimate of drug-likeness (QED) is 0.294. The van der Waals surface area contributed by atoms with Crippen molar-refractivity contribution in [1.82, 2.24) is 35.3 Å². The number of anilines is 4. The van der Waals surface area contributed by atoms with Crippen molar-refractivity contribution in [3.63, 3.8) is 0 Å². The van der Waals surface area contributed by atoms with E-state index in [-0.39, 0.29) is 53.7 Å². The van der Waals surface area contributed by atoms with Crippen LogP contribution in [0.25, 0.3) is 11.3 Å². The molecule has 0 bridgehead atoms. The van der Waals surface area contributed by atoms with Crippen LogP contribution in [0, 0.1) is 17.2 Å². The lowest BCUT2D eigenvalue weighted by atomic mass is 9.78. The van der Waals surface area contributed by atoms with E-state index in [2.05, 4.69) is 53.0 Å². The molecule has 242 valence electrons. The summed E-state index contributed by atoms with van der Waals surface area (Å²) in [5.41, 5.74) is -0.585. The van der Waals surface area contributed by atoms with Gasteiger partial charge in [0, 0.05) is 68.4 Å². The third-order valence-electron chi connectivity index (χ3n) is 9.14. The average molecular weight is 651 g/mol. The lowest BCUT2D eigenvalue weighted by Crippen LogP contribution is -2.54. The monoisotopic (exact) mass is 650 g/mol. The first kappa shape index (κ1) is 31.7. The zero-order valence-corrected chi connectivity index (χ0v) is 26.6. The van der Waals surface area contributed by atoms with Crippen LogP contribution in [-0.4, -0.2) is 107 Å². The number of piperazine rings is 1. The van der Waals surface area contributed by atoms with Crippen molar-refractivity contribution in [2.75, 3.05) is 68.9 Å². The summed E-state index contributed by atoms with van der Waals surface area (Å²) in [6, 6.07) is 7.73. The number of halogens is 2.